The van der Waals surface area contributed by atoms with Crippen molar-refractivity contribution in [3.63, 3.8) is 0 Å². The molecule has 1 saturated heterocycles. The number of rotatable bonds is 5. The Morgan fingerprint density at radius 3 is 2.68 bits per heavy atom. The maximum atomic E-state index is 12.3. The first kappa shape index (κ1) is 14.4. The summed E-state index contributed by atoms with van der Waals surface area (Å²) in [5, 5.41) is 0.108. The quantitative estimate of drug-likeness (QED) is 0.792. The van der Waals surface area contributed by atoms with Gasteiger partial charge in [0, 0.05) is 32.9 Å². The minimum Gasteiger partial charge on any atom is -0.377 e. The molecule has 0 atom stereocenters. The fraction of sp³-hybridized carbons (Fsp3) is 0.727. The van der Waals surface area contributed by atoms with Gasteiger partial charge in [0.2, 0.25) is 0 Å². The Kier molecular flexibility index (Phi) is 4.56. The molecule has 2 N–H and O–H groups in total. The summed E-state index contributed by atoms with van der Waals surface area (Å²) in [4.78, 5) is 3.92. The van der Waals surface area contributed by atoms with E-state index in [1.54, 1.807) is 11.6 Å². The van der Waals surface area contributed by atoms with Crippen LogP contribution in [0.2, 0.25) is 0 Å². The van der Waals surface area contributed by atoms with Crippen molar-refractivity contribution >= 4 is 10.0 Å². The van der Waals surface area contributed by atoms with E-state index in [4.69, 9.17) is 10.5 Å². The molecule has 108 valence electrons. The van der Waals surface area contributed by atoms with E-state index in [1.165, 1.54) is 16.8 Å². The standard InChI is InChI=1S/C11H20N4O3S/c1-14-8-11(13-9-14)19(16,17)15-5-2-10(3-6-15)18-7-4-12/h8-10H,2-7,12H2,1H3. The van der Waals surface area contributed by atoms with Gasteiger partial charge in [-0.3, -0.25) is 0 Å². The zero-order chi connectivity index (χ0) is 13.9. The monoisotopic (exact) mass is 288 g/mol. The van der Waals surface area contributed by atoms with Crippen molar-refractivity contribution in [3.8, 4) is 0 Å². The first-order chi connectivity index (χ1) is 9.04. The summed E-state index contributed by atoms with van der Waals surface area (Å²) in [6.07, 6.45) is 4.52. The van der Waals surface area contributed by atoms with Gasteiger partial charge in [-0.1, -0.05) is 0 Å². The summed E-state index contributed by atoms with van der Waals surface area (Å²) in [5.74, 6) is 0. The summed E-state index contributed by atoms with van der Waals surface area (Å²) in [5.41, 5.74) is 5.38. The fourth-order valence-corrected chi connectivity index (χ4v) is 3.56. The third kappa shape index (κ3) is 3.33. The van der Waals surface area contributed by atoms with E-state index in [0.29, 0.717) is 39.1 Å². The summed E-state index contributed by atoms with van der Waals surface area (Å²) in [6.45, 7) is 1.95. The second kappa shape index (κ2) is 6.00. The normalized spacial score (nSPS) is 18.8. The van der Waals surface area contributed by atoms with Crippen molar-refractivity contribution in [1.82, 2.24) is 13.9 Å². The van der Waals surface area contributed by atoms with E-state index in [0.717, 1.165) is 0 Å². The molecule has 2 heterocycles. The predicted molar refractivity (Wildman–Crippen MR) is 70.0 cm³/mol. The van der Waals surface area contributed by atoms with Crippen LogP contribution < -0.4 is 5.73 Å². The number of sulfonamides is 1. The van der Waals surface area contributed by atoms with Crippen LogP contribution >= 0.6 is 0 Å². The van der Waals surface area contributed by atoms with Gasteiger partial charge in [0.1, 0.15) is 0 Å². The summed E-state index contributed by atoms with van der Waals surface area (Å²) in [6, 6.07) is 0. The highest BCUT2D eigenvalue weighted by Gasteiger charge is 2.30. The molecular formula is C11H20N4O3S. The van der Waals surface area contributed by atoms with Crippen molar-refractivity contribution in [3.05, 3.63) is 12.5 Å². The molecular weight excluding hydrogens is 268 g/mol. The highest BCUT2D eigenvalue weighted by atomic mass is 32.2. The average Bonchev–Trinajstić information content (AvgIpc) is 2.84. The highest BCUT2D eigenvalue weighted by molar-refractivity contribution is 7.89. The van der Waals surface area contributed by atoms with E-state index in [2.05, 4.69) is 4.98 Å². The minimum atomic E-state index is -3.46. The lowest BCUT2D eigenvalue weighted by atomic mass is 10.1. The zero-order valence-electron chi connectivity index (χ0n) is 11.0. The van der Waals surface area contributed by atoms with Gasteiger partial charge >= 0.3 is 0 Å². The molecule has 0 amide bonds. The van der Waals surface area contributed by atoms with Crippen molar-refractivity contribution in [2.75, 3.05) is 26.2 Å². The Morgan fingerprint density at radius 2 is 2.16 bits per heavy atom. The molecule has 1 fully saturated rings. The van der Waals surface area contributed by atoms with E-state index in [-0.39, 0.29) is 11.1 Å². The van der Waals surface area contributed by atoms with Crippen LogP contribution in [0, 0.1) is 0 Å². The van der Waals surface area contributed by atoms with Crippen LogP contribution in [0.25, 0.3) is 0 Å². The van der Waals surface area contributed by atoms with Crippen molar-refractivity contribution < 1.29 is 13.2 Å². The third-order valence-electron chi connectivity index (χ3n) is 3.16. The molecule has 7 nitrogen and oxygen atoms in total. The number of aryl methyl sites for hydroxylation is 1. The van der Waals surface area contributed by atoms with Gasteiger partial charge in [0.05, 0.1) is 19.0 Å². The fourth-order valence-electron chi connectivity index (χ4n) is 2.13. The van der Waals surface area contributed by atoms with Crippen molar-refractivity contribution in [2.45, 2.75) is 24.0 Å². The second-order valence-electron chi connectivity index (χ2n) is 4.64. The van der Waals surface area contributed by atoms with Crippen LogP contribution in [0.3, 0.4) is 0 Å². The molecule has 1 aliphatic heterocycles. The Balaban J connectivity index is 1.97. The van der Waals surface area contributed by atoms with Crippen LogP contribution in [0.5, 0.6) is 0 Å². The van der Waals surface area contributed by atoms with Crippen LogP contribution in [0.15, 0.2) is 17.6 Å². The number of hydrogen-bond acceptors (Lipinski definition) is 5. The van der Waals surface area contributed by atoms with Gasteiger partial charge in [-0.25, -0.2) is 13.4 Å². The van der Waals surface area contributed by atoms with Crippen molar-refractivity contribution in [2.24, 2.45) is 12.8 Å². The van der Waals surface area contributed by atoms with Crippen LogP contribution in [-0.4, -0.2) is 54.6 Å². The lowest BCUT2D eigenvalue weighted by molar-refractivity contribution is 0.0257. The first-order valence-corrected chi connectivity index (χ1v) is 7.78. The number of aromatic nitrogens is 2. The molecule has 1 aromatic rings. The topological polar surface area (TPSA) is 90.5 Å². The largest absolute Gasteiger partial charge is 0.377 e. The van der Waals surface area contributed by atoms with Crippen LogP contribution in [0.4, 0.5) is 0 Å². The van der Waals surface area contributed by atoms with E-state index in [1.807, 2.05) is 0 Å². The van der Waals surface area contributed by atoms with Gasteiger partial charge in [-0.15, -0.1) is 0 Å². The molecule has 0 aliphatic carbocycles. The highest BCUT2D eigenvalue weighted by Crippen LogP contribution is 2.20. The molecule has 0 saturated carbocycles. The third-order valence-corrected chi connectivity index (χ3v) is 4.94. The SMILES string of the molecule is Cn1cnc(S(=O)(=O)N2CCC(OCCN)CC2)c1. The number of imidazole rings is 1. The van der Waals surface area contributed by atoms with Gasteiger partial charge in [-0.2, -0.15) is 4.31 Å². The molecule has 1 aromatic heterocycles. The van der Waals surface area contributed by atoms with Crippen LogP contribution in [-0.2, 0) is 21.8 Å². The maximum absolute atomic E-state index is 12.3. The predicted octanol–water partition coefficient (Wildman–Crippen LogP) is -0.451. The first-order valence-electron chi connectivity index (χ1n) is 6.34. The smallest absolute Gasteiger partial charge is 0.262 e. The summed E-state index contributed by atoms with van der Waals surface area (Å²) < 4.78 is 33.3. The van der Waals surface area contributed by atoms with Gasteiger partial charge in [0.15, 0.2) is 5.03 Å². The Bertz CT molecular complexity index is 506. The number of ether oxygens (including phenoxy) is 1. The van der Waals surface area contributed by atoms with Gasteiger partial charge in [0.25, 0.3) is 10.0 Å². The van der Waals surface area contributed by atoms with Gasteiger partial charge < -0.3 is 15.0 Å². The molecule has 2 rings (SSSR count). The molecule has 0 unspecified atom stereocenters. The molecule has 0 spiro atoms. The van der Waals surface area contributed by atoms with E-state index >= 15 is 0 Å². The minimum absolute atomic E-state index is 0.108. The lowest BCUT2D eigenvalue weighted by Crippen LogP contribution is -2.41. The average molecular weight is 288 g/mol. The van der Waals surface area contributed by atoms with Crippen LogP contribution in [0.1, 0.15) is 12.8 Å². The van der Waals surface area contributed by atoms with Gasteiger partial charge in [-0.05, 0) is 12.8 Å². The van der Waals surface area contributed by atoms with Crippen molar-refractivity contribution in [1.29, 1.82) is 0 Å². The number of nitrogens with two attached hydrogens (primary N) is 1. The Labute approximate surface area is 113 Å². The van der Waals surface area contributed by atoms with E-state index in [9.17, 15) is 8.42 Å². The Hall–Kier alpha value is -0.960. The molecule has 0 radical (unpaired) electrons. The zero-order valence-corrected chi connectivity index (χ0v) is 11.8. The lowest BCUT2D eigenvalue weighted by Gasteiger charge is -2.30. The molecule has 0 aromatic carbocycles. The molecule has 1 aliphatic rings. The summed E-state index contributed by atoms with van der Waals surface area (Å²) in [7, 11) is -1.72. The number of nitrogens with zero attached hydrogens (tertiary/aromatic N) is 3. The molecule has 19 heavy (non-hydrogen) atoms. The number of hydrogen-bond donors (Lipinski definition) is 1. The second-order valence-corrected chi connectivity index (χ2v) is 6.53. The van der Waals surface area contributed by atoms with E-state index < -0.39 is 10.0 Å². The molecule has 8 heteroatoms. The Morgan fingerprint density at radius 1 is 1.47 bits per heavy atom. The molecule has 0 bridgehead atoms. The maximum Gasteiger partial charge on any atom is 0.262 e. The summed E-state index contributed by atoms with van der Waals surface area (Å²) >= 11 is 0. The number of piperidine rings is 1.